The van der Waals surface area contributed by atoms with E-state index in [9.17, 15) is 0 Å². The van der Waals surface area contributed by atoms with Gasteiger partial charge in [-0.2, -0.15) is 10.4 Å². The number of hydrogen-bond acceptors (Lipinski definition) is 5. The van der Waals surface area contributed by atoms with Gasteiger partial charge in [0, 0.05) is 17.4 Å². The van der Waals surface area contributed by atoms with Crippen LogP contribution < -0.4 is 5.73 Å². The van der Waals surface area contributed by atoms with Crippen LogP contribution in [0.25, 0.3) is 16.9 Å². The Bertz CT molecular complexity index is 782. The number of nitrogens with zero attached hydrogens (tertiary/aromatic N) is 5. The first-order valence-electron chi connectivity index (χ1n) is 5.89. The fourth-order valence-electron chi connectivity index (χ4n) is 1.81. The number of nitriles is 1. The molecule has 0 saturated heterocycles. The lowest BCUT2D eigenvalue weighted by atomic mass is 10.1. The van der Waals surface area contributed by atoms with Crippen LogP contribution in [0, 0.1) is 11.3 Å². The third-order valence-electron chi connectivity index (χ3n) is 2.79. The molecule has 2 heterocycles. The molecule has 0 amide bonds. The number of hydrogen-bond donors (Lipinski definition) is 1. The van der Waals surface area contributed by atoms with Crippen LogP contribution in [-0.2, 0) is 0 Å². The van der Waals surface area contributed by atoms with E-state index in [0.29, 0.717) is 11.5 Å². The van der Waals surface area contributed by atoms with Crippen LogP contribution in [0.1, 0.15) is 5.69 Å². The first-order valence-corrected chi connectivity index (χ1v) is 5.89. The molecule has 2 N–H and O–H groups in total. The highest BCUT2D eigenvalue weighted by molar-refractivity contribution is 5.66. The highest BCUT2D eigenvalue weighted by Gasteiger charge is 2.05. The lowest BCUT2D eigenvalue weighted by Gasteiger charge is -1.99. The standard InChI is InChI=1S/C14H10N6/c15-5-13-7-18-14(8-17-13)20-9-11(6-19-20)10-2-1-3-12(16)4-10/h1-4,6-9H,16H2. The van der Waals surface area contributed by atoms with Crippen molar-refractivity contribution in [2.45, 2.75) is 0 Å². The molecular formula is C14H10N6. The summed E-state index contributed by atoms with van der Waals surface area (Å²) >= 11 is 0. The number of aromatic nitrogens is 4. The van der Waals surface area contributed by atoms with Crippen LogP contribution in [-0.4, -0.2) is 19.7 Å². The Kier molecular flexibility index (Phi) is 2.86. The lowest BCUT2D eigenvalue weighted by molar-refractivity contribution is 0.836. The van der Waals surface area contributed by atoms with Gasteiger partial charge in [0.15, 0.2) is 11.5 Å². The second-order valence-corrected chi connectivity index (χ2v) is 4.17. The Morgan fingerprint density at radius 3 is 2.70 bits per heavy atom. The zero-order valence-corrected chi connectivity index (χ0v) is 10.4. The zero-order chi connectivity index (χ0) is 13.9. The van der Waals surface area contributed by atoms with Gasteiger partial charge in [-0.05, 0) is 17.7 Å². The average molecular weight is 262 g/mol. The lowest BCUT2D eigenvalue weighted by Crippen LogP contribution is -1.99. The van der Waals surface area contributed by atoms with Crippen LogP contribution in [0.3, 0.4) is 0 Å². The van der Waals surface area contributed by atoms with Gasteiger partial charge in [-0.15, -0.1) is 0 Å². The number of nitrogens with two attached hydrogens (primary N) is 1. The van der Waals surface area contributed by atoms with Gasteiger partial charge >= 0.3 is 0 Å². The summed E-state index contributed by atoms with van der Waals surface area (Å²) in [6.07, 6.45) is 6.49. The van der Waals surface area contributed by atoms with Gasteiger partial charge in [0.25, 0.3) is 0 Å². The van der Waals surface area contributed by atoms with Gasteiger partial charge in [-0.25, -0.2) is 14.6 Å². The first kappa shape index (κ1) is 11.9. The minimum absolute atomic E-state index is 0.275. The predicted molar refractivity (Wildman–Crippen MR) is 73.7 cm³/mol. The predicted octanol–water partition coefficient (Wildman–Crippen LogP) is 1.78. The third kappa shape index (κ3) is 2.20. The van der Waals surface area contributed by atoms with Crippen molar-refractivity contribution in [2.24, 2.45) is 0 Å². The maximum absolute atomic E-state index is 8.69. The van der Waals surface area contributed by atoms with Gasteiger partial charge < -0.3 is 5.73 Å². The quantitative estimate of drug-likeness (QED) is 0.710. The maximum atomic E-state index is 8.69. The molecule has 0 fully saturated rings. The fourth-order valence-corrected chi connectivity index (χ4v) is 1.81. The Balaban J connectivity index is 1.95. The first-order chi connectivity index (χ1) is 9.76. The van der Waals surface area contributed by atoms with Gasteiger partial charge in [-0.1, -0.05) is 12.1 Å². The molecule has 0 bridgehead atoms. The Morgan fingerprint density at radius 2 is 2.00 bits per heavy atom. The van der Waals surface area contributed by atoms with Gasteiger partial charge in [0.1, 0.15) is 6.07 Å². The second kappa shape index (κ2) is 4.82. The topological polar surface area (TPSA) is 93.4 Å². The second-order valence-electron chi connectivity index (χ2n) is 4.17. The van der Waals surface area contributed by atoms with E-state index in [-0.39, 0.29) is 5.69 Å². The molecule has 3 aromatic rings. The number of nitrogen functional groups attached to an aromatic ring is 1. The van der Waals surface area contributed by atoms with Crippen molar-refractivity contribution in [3.05, 3.63) is 54.7 Å². The third-order valence-corrected chi connectivity index (χ3v) is 2.79. The van der Waals surface area contributed by atoms with Crippen molar-refractivity contribution >= 4 is 5.69 Å². The molecule has 1 aromatic carbocycles. The molecule has 0 aliphatic rings. The SMILES string of the molecule is N#Cc1cnc(-n2cc(-c3cccc(N)c3)cn2)cn1. The van der Waals surface area contributed by atoms with E-state index in [1.54, 1.807) is 10.9 Å². The molecule has 0 saturated carbocycles. The van der Waals surface area contributed by atoms with Crippen LogP contribution in [0.2, 0.25) is 0 Å². The smallest absolute Gasteiger partial charge is 0.171 e. The monoisotopic (exact) mass is 262 g/mol. The van der Waals surface area contributed by atoms with Crippen LogP contribution in [0.15, 0.2) is 49.1 Å². The van der Waals surface area contributed by atoms with Crippen molar-refractivity contribution < 1.29 is 0 Å². The summed E-state index contributed by atoms with van der Waals surface area (Å²) in [6, 6.07) is 9.49. The van der Waals surface area contributed by atoms with Gasteiger partial charge in [0.2, 0.25) is 0 Å². The summed E-state index contributed by atoms with van der Waals surface area (Å²) in [7, 11) is 0. The highest BCUT2D eigenvalue weighted by Crippen LogP contribution is 2.21. The fraction of sp³-hybridized carbons (Fsp3) is 0. The minimum Gasteiger partial charge on any atom is -0.399 e. The van der Waals surface area contributed by atoms with Crippen molar-refractivity contribution in [3.63, 3.8) is 0 Å². The summed E-state index contributed by atoms with van der Waals surface area (Å²) in [5, 5.41) is 12.9. The molecule has 0 radical (unpaired) electrons. The molecule has 3 rings (SSSR count). The van der Waals surface area contributed by atoms with Crippen LogP contribution >= 0.6 is 0 Å². The van der Waals surface area contributed by atoms with Crippen molar-refractivity contribution in [1.82, 2.24) is 19.7 Å². The van der Waals surface area contributed by atoms with E-state index >= 15 is 0 Å². The largest absolute Gasteiger partial charge is 0.399 e. The van der Waals surface area contributed by atoms with E-state index in [1.165, 1.54) is 12.4 Å². The molecule has 0 aliphatic heterocycles. The molecule has 96 valence electrons. The summed E-state index contributed by atoms with van der Waals surface area (Å²) in [5.74, 6) is 0.555. The summed E-state index contributed by atoms with van der Waals surface area (Å²) in [6.45, 7) is 0. The average Bonchev–Trinajstić information content (AvgIpc) is 2.97. The van der Waals surface area contributed by atoms with Crippen molar-refractivity contribution in [3.8, 4) is 23.0 Å². The summed E-state index contributed by atoms with van der Waals surface area (Å²) in [4.78, 5) is 8.10. The van der Waals surface area contributed by atoms with Crippen LogP contribution in [0.4, 0.5) is 5.69 Å². The molecule has 20 heavy (non-hydrogen) atoms. The van der Waals surface area contributed by atoms with E-state index in [1.807, 2.05) is 36.5 Å². The summed E-state index contributed by atoms with van der Waals surface area (Å²) < 4.78 is 1.60. The van der Waals surface area contributed by atoms with E-state index in [4.69, 9.17) is 11.0 Å². The molecule has 0 spiro atoms. The molecule has 2 aromatic heterocycles. The van der Waals surface area contributed by atoms with Crippen LogP contribution in [0.5, 0.6) is 0 Å². The van der Waals surface area contributed by atoms with E-state index in [2.05, 4.69) is 15.1 Å². The number of anilines is 1. The van der Waals surface area contributed by atoms with Gasteiger partial charge in [0.05, 0.1) is 18.6 Å². The number of benzene rings is 1. The van der Waals surface area contributed by atoms with Crippen molar-refractivity contribution in [2.75, 3.05) is 5.73 Å². The summed E-state index contributed by atoms with van der Waals surface area (Å²) in [5.41, 5.74) is 8.66. The zero-order valence-electron chi connectivity index (χ0n) is 10.4. The normalized spacial score (nSPS) is 10.2. The molecule has 0 unspecified atom stereocenters. The van der Waals surface area contributed by atoms with Crippen molar-refractivity contribution in [1.29, 1.82) is 5.26 Å². The highest BCUT2D eigenvalue weighted by atomic mass is 15.3. The molecule has 6 heteroatoms. The molecule has 0 aliphatic carbocycles. The molecule has 6 nitrogen and oxygen atoms in total. The Morgan fingerprint density at radius 1 is 1.10 bits per heavy atom. The van der Waals surface area contributed by atoms with E-state index in [0.717, 1.165) is 11.1 Å². The van der Waals surface area contributed by atoms with E-state index < -0.39 is 0 Å². The van der Waals surface area contributed by atoms with Gasteiger partial charge in [-0.3, -0.25) is 0 Å². The molecule has 0 atom stereocenters. The maximum Gasteiger partial charge on any atom is 0.171 e. The minimum atomic E-state index is 0.275. The number of rotatable bonds is 2. The molecular weight excluding hydrogens is 252 g/mol. The Hall–Kier alpha value is -3.20. The Labute approximate surface area is 115 Å².